The predicted molar refractivity (Wildman–Crippen MR) is 68.6 cm³/mol. The van der Waals surface area contributed by atoms with Crippen molar-refractivity contribution in [1.29, 1.82) is 0 Å². The molecule has 0 atom stereocenters. The molecular formula is C13H15N3O2. The summed E-state index contributed by atoms with van der Waals surface area (Å²) in [7, 11) is 0. The van der Waals surface area contributed by atoms with E-state index in [0.717, 1.165) is 28.3 Å². The summed E-state index contributed by atoms with van der Waals surface area (Å²) >= 11 is 0. The predicted octanol–water partition coefficient (Wildman–Crippen LogP) is 2.51. The van der Waals surface area contributed by atoms with Gasteiger partial charge in [0.2, 0.25) is 6.79 Å². The summed E-state index contributed by atoms with van der Waals surface area (Å²) < 4.78 is 11.0. The maximum atomic E-state index is 5.66. The molecule has 0 amide bonds. The van der Waals surface area contributed by atoms with Crippen LogP contribution in [-0.4, -0.2) is 17.0 Å². The number of aromatic nitrogens is 2. The van der Waals surface area contributed by atoms with Gasteiger partial charge < -0.3 is 15.2 Å². The number of ether oxygens (including phenoxy) is 2. The van der Waals surface area contributed by atoms with Gasteiger partial charge in [-0.2, -0.15) is 5.10 Å². The van der Waals surface area contributed by atoms with Gasteiger partial charge in [0, 0.05) is 17.2 Å². The molecule has 0 bridgehead atoms. The second kappa shape index (κ2) is 3.94. The van der Waals surface area contributed by atoms with E-state index in [4.69, 9.17) is 15.2 Å². The number of H-pyrrole nitrogens is 1. The zero-order chi connectivity index (χ0) is 12.7. The minimum absolute atomic E-state index is 0.281. The Morgan fingerprint density at radius 3 is 2.83 bits per heavy atom. The van der Waals surface area contributed by atoms with Crippen LogP contribution in [0.15, 0.2) is 18.2 Å². The molecule has 0 radical (unpaired) electrons. The second-order valence-corrected chi connectivity index (χ2v) is 4.62. The van der Waals surface area contributed by atoms with Crippen LogP contribution in [0.3, 0.4) is 0 Å². The lowest BCUT2D eigenvalue weighted by Gasteiger charge is -2.14. The van der Waals surface area contributed by atoms with Crippen molar-refractivity contribution >= 4 is 5.82 Å². The van der Waals surface area contributed by atoms with Crippen molar-refractivity contribution in [3.63, 3.8) is 0 Å². The zero-order valence-corrected chi connectivity index (χ0v) is 10.4. The topological polar surface area (TPSA) is 73.2 Å². The molecule has 0 fully saturated rings. The van der Waals surface area contributed by atoms with Crippen LogP contribution in [0.2, 0.25) is 0 Å². The molecule has 1 aliphatic heterocycles. The van der Waals surface area contributed by atoms with Crippen molar-refractivity contribution in [3.05, 3.63) is 23.8 Å². The van der Waals surface area contributed by atoms with E-state index in [0.29, 0.717) is 11.7 Å². The number of nitrogens with two attached hydrogens (primary N) is 1. The summed E-state index contributed by atoms with van der Waals surface area (Å²) in [5.41, 5.74) is 8.73. The smallest absolute Gasteiger partial charge is 0.231 e. The molecule has 5 nitrogen and oxygen atoms in total. The van der Waals surface area contributed by atoms with E-state index in [1.54, 1.807) is 0 Å². The minimum Gasteiger partial charge on any atom is -0.454 e. The van der Waals surface area contributed by atoms with Gasteiger partial charge in [0.15, 0.2) is 11.5 Å². The Labute approximate surface area is 105 Å². The molecule has 0 unspecified atom stereocenters. The molecule has 0 saturated carbocycles. The number of benzene rings is 1. The molecule has 18 heavy (non-hydrogen) atoms. The number of rotatable bonds is 2. The monoisotopic (exact) mass is 245 g/mol. The first-order valence-electron chi connectivity index (χ1n) is 5.90. The quantitative estimate of drug-likeness (QED) is 0.852. The lowest BCUT2D eigenvalue weighted by Crippen LogP contribution is -1.97. The van der Waals surface area contributed by atoms with Crippen LogP contribution in [0, 0.1) is 0 Å². The van der Waals surface area contributed by atoms with Gasteiger partial charge in [-0.05, 0) is 18.1 Å². The van der Waals surface area contributed by atoms with Crippen LogP contribution in [0.1, 0.15) is 25.3 Å². The maximum absolute atomic E-state index is 5.66. The van der Waals surface area contributed by atoms with Crippen molar-refractivity contribution in [2.75, 3.05) is 12.5 Å². The first-order valence-corrected chi connectivity index (χ1v) is 5.90. The van der Waals surface area contributed by atoms with Gasteiger partial charge in [-0.3, -0.25) is 5.10 Å². The Kier molecular flexibility index (Phi) is 2.40. The summed E-state index contributed by atoms with van der Waals surface area (Å²) in [5, 5.41) is 6.90. The van der Waals surface area contributed by atoms with Gasteiger partial charge in [-0.15, -0.1) is 0 Å². The Bertz CT molecular complexity index is 590. The normalized spacial score (nSPS) is 13.3. The molecule has 2 aromatic rings. The number of hydrogen-bond acceptors (Lipinski definition) is 4. The number of hydrogen-bond donors (Lipinski definition) is 2. The number of anilines is 1. The largest absolute Gasteiger partial charge is 0.454 e. The molecule has 3 rings (SSSR count). The van der Waals surface area contributed by atoms with Crippen LogP contribution >= 0.6 is 0 Å². The summed E-state index contributed by atoms with van der Waals surface area (Å²) in [6.07, 6.45) is 0. The molecule has 94 valence electrons. The van der Waals surface area contributed by atoms with Gasteiger partial charge in [-0.1, -0.05) is 13.8 Å². The third-order valence-electron chi connectivity index (χ3n) is 3.04. The average molecular weight is 245 g/mol. The fraction of sp³-hybridized carbons (Fsp3) is 0.308. The van der Waals surface area contributed by atoms with Crippen molar-refractivity contribution in [1.82, 2.24) is 10.2 Å². The SMILES string of the molecule is CC(C)c1c(-c2cc(N)n[nH]2)ccc2c1OCO2. The third kappa shape index (κ3) is 1.59. The van der Waals surface area contributed by atoms with Crippen LogP contribution in [0.5, 0.6) is 11.5 Å². The van der Waals surface area contributed by atoms with Crippen molar-refractivity contribution in [3.8, 4) is 22.8 Å². The van der Waals surface area contributed by atoms with Gasteiger partial charge in [0.25, 0.3) is 0 Å². The van der Waals surface area contributed by atoms with E-state index in [1.807, 2.05) is 18.2 Å². The first kappa shape index (κ1) is 11.0. The van der Waals surface area contributed by atoms with Crippen LogP contribution in [0.25, 0.3) is 11.3 Å². The third-order valence-corrected chi connectivity index (χ3v) is 3.04. The molecular weight excluding hydrogens is 230 g/mol. The van der Waals surface area contributed by atoms with E-state index < -0.39 is 0 Å². The summed E-state index contributed by atoms with van der Waals surface area (Å²) in [5.74, 6) is 2.43. The Hall–Kier alpha value is -2.17. The molecule has 1 aliphatic rings. The molecule has 1 aromatic heterocycles. The fourth-order valence-corrected chi connectivity index (χ4v) is 2.28. The van der Waals surface area contributed by atoms with Crippen molar-refractivity contribution in [2.45, 2.75) is 19.8 Å². The van der Waals surface area contributed by atoms with Crippen LogP contribution in [0.4, 0.5) is 5.82 Å². The second-order valence-electron chi connectivity index (χ2n) is 4.62. The number of nitrogen functional groups attached to an aromatic ring is 1. The number of nitrogens with zero attached hydrogens (tertiary/aromatic N) is 1. The molecule has 5 heteroatoms. The van der Waals surface area contributed by atoms with Crippen molar-refractivity contribution < 1.29 is 9.47 Å². The van der Waals surface area contributed by atoms with Crippen LogP contribution in [-0.2, 0) is 0 Å². The number of aromatic amines is 1. The van der Waals surface area contributed by atoms with E-state index in [1.165, 1.54) is 0 Å². The Balaban J connectivity index is 2.21. The molecule has 0 aliphatic carbocycles. The van der Waals surface area contributed by atoms with E-state index in [-0.39, 0.29) is 6.79 Å². The molecule has 2 heterocycles. The van der Waals surface area contributed by atoms with E-state index in [2.05, 4.69) is 24.0 Å². The lowest BCUT2D eigenvalue weighted by atomic mass is 9.94. The number of nitrogens with one attached hydrogen (secondary N) is 1. The van der Waals surface area contributed by atoms with Gasteiger partial charge in [0.05, 0.1) is 5.69 Å². The lowest BCUT2D eigenvalue weighted by molar-refractivity contribution is 0.173. The Morgan fingerprint density at radius 1 is 1.33 bits per heavy atom. The summed E-state index contributed by atoms with van der Waals surface area (Å²) in [6, 6.07) is 5.75. The average Bonchev–Trinajstić information content (AvgIpc) is 2.95. The van der Waals surface area contributed by atoms with Gasteiger partial charge in [-0.25, -0.2) is 0 Å². The zero-order valence-electron chi connectivity index (χ0n) is 10.4. The highest BCUT2D eigenvalue weighted by atomic mass is 16.7. The highest BCUT2D eigenvalue weighted by molar-refractivity contribution is 5.72. The fourth-order valence-electron chi connectivity index (χ4n) is 2.28. The van der Waals surface area contributed by atoms with E-state index in [9.17, 15) is 0 Å². The first-order chi connectivity index (χ1) is 8.66. The van der Waals surface area contributed by atoms with E-state index >= 15 is 0 Å². The molecule has 1 aromatic carbocycles. The molecule has 0 saturated heterocycles. The van der Waals surface area contributed by atoms with Gasteiger partial charge in [0.1, 0.15) is 5.82 Å². The summed E-state index contributed by atoms with van der Waals surface area (Å²) in [6.45, 7) is 4.53. The minimum atomic E-state index is 0.281. The highest BCUT2D eigenvalue weighted by Gasteiger charge is 2.23. The highest BCUT2D eigenvalue weighted by Crippen LogP contribution is 2.44. The standard InChI is InChI=1S/C13H15N3O2/c1-7(2)12-8(9-5-11(14)16-15-9)3-4-10-13(12)18-6-17-10/h3-5,7H,6H2,1-2H3,(H3,14,15,16). The Morgan fingerprint density at radius 2 is 2.17 bits per heavy atom. The maximum Gasteiger partial charge on any atom is 0.231 e. The van der Waals surface area contributed by atoms with Gasteiger partial charge >= 0.3 is 0 Å². The molecule has 3 N–H and O–H groups in total. The van der Waals surface area contributed by atoms with Crippen LogP contribution < -0.4 is 15.2 Å². The number of fused-ring (bicyclic) bond motifs is 1. The van der Waals surface area contributed by atoms with Crippen molar-refractivity contribution in [2.24, 2.45) is 0 Å². The molecule has 0 spiro atoms. The summed E-state index contributed by atoms with van der Waals surface area (Å²) in [4.78, 5) is 0.